The molecule has 2 amide bonds. The third-order valence-corrected chi connectivity index (χ3v) is 5.28. The van der Waals surface area contributed by atoms with Gasteiger partial charge in [0, 0.05) is 6.20 Å². The molecule has 180 valence electrons. The molecule has 2 rings (SSSR count). The summed E-state index contributed by atoms with van der Waals surface area (Å²) in [4.78, 5) is 35.0. The molecule has 0 bridgehead atoms. The number of ether oxygens (including phenoxy) is 3. The van der Waals surface area contributed by atoms with Gasteiger partial charge >= 0.3 is 12.0 Å². The van der Waals surface area contributed by atoms with Crippen molar-refractivity contribution in [3.05, 3.63) is 30.1 Å². The smallest absolute Gasteiger partial charge is 0.335 e. The van der Waals surface area contributed by atoms with Gasteiger partial charge in [-0.3, -0.25) is 15.1 Å². The van der Waals surface area contributed by atoms with Crippen molar-refractivity contribution in [3.8, 4) is 11.8 Å². The quantitative estimate of drug-likeness (QED) is 0.402. The molecule has 0 spiro atoms. The first-order valence-electron chi connectivity index (χ1n) is 9.31. The topological polar surface area (TPSA) is 179 Å². The fraction of sp³-hybridized carbons (Fsp3) is 0.389. The highest BCUT2D eigenvalue weighted by Crippen LogP contribution is 2.28. The van der Waals surface area contributed by atoms with Crippen LogP contribution in [0, 0.1) is 0 Å². The monoisotopic (exact) mass is 487 g/mol. The van der Waals surface area contributed by atoms with E-state index in [2.05, 4.69) is 20.3 Å². The Morgan fingerprint density at radius 1 is 1.21 bits per heavy atom. The number of aliphatic hydroxyl groups excluding tert-OH is 1. The van der Waals surface area contributed by atoms with E-state index >= 15 is 0 Å². The number of alkyl halides is 1. The van der Waals surface area contributed by atoms with Gasteiger partial charge in [-0.2, -0.15) is 9.97 Å². The molecular weight excluding hydrogens is 465 g/mol. The zero-order chi connectivity index (χ0) is 24.6. The van der Waals surface area contributed by atoms with Crippen LogP contribution in [-0.2, 0) is 19.6 Å². The Kier molecular flexibility index (Phi) is 8.81. The van der Waals surface area contributed by atoms with Crippen molar-refractivity contribution in [1.29, 1.82) is 0 Å². The van der Waals surface area contributed by atoms with Gasteiger partial charge in [0.2, 0.25) is 17.7 Å². The highest BCUT2D eigenvalue weighted by molar-refractivity contribution is 7.90. The number of esters is 1. The molecule has 0 aliphatic rings. The summed E-state index contributed by atoms with van der Waals surface area (Å²) in [7, 11) is -1.99. The Bertz CT molecular complexity index is 1080. The van der Waals surface area contributed by atoms with E-state index in [0.717, 1.165) is 13.0 Å². The van der Waals surface area contributed by atoms with E-state index in [0.29, 0.717) is 0 Å². The van der Waals surface area contributed by atoms with Crippen molar-refractivity contribution in [2.45, 2.75) is 30.5 Å². The maximum absolute atomic E-state index is 14.2. The van der Waals surface area contributed by atoms with E-state index in [1.54, 1.807) is 4.72 Å². The first-order chi connectivity index (χ1) is 15.6. The van der Waals surface area contributed by atoms with Gasteiger partial charge in [0.15, 0.2) is 6.10 Å². The van der Waals surface area contributed by atoms with Gasteiger partial charge in [0.25, 0.3) is 10.0 Å². The summed E-state index contributed by atoms with van der Waals surface area (Å²) in [6.07, 6.45) is -2.82. The molecule has 0 saturated heterocycles. The number of nitrogens with one attached hydrogen (secondary N) is 2. The highest BCUT2D eigenvalue weighted by atomic mass is 32.2. The minimum atomic E-state index is -4.62. The number of methoxy groups -OCH3 is 2. The van der Waals surface area contributed by atoms with Gasteiger partial charge in [-0.1, -0.05) is 0 Å². The number of halogens is 1. The highest BCUT2D eigenvalue weighted by Gasteiger charge is 2.32. The molecule has 0 aliphatic carbocycles. The van der Waals surface area contributed by atoms with Crippen molar-refractivity contribution in [1.82, 2.24) is 19.7 Å². The average Bonchev–Trinajstić information content (AvgIpc) is 2.76. The van der Waals surface area contributed by atoms with Gasteiger partial charge in [-0.15, -0.1) is 0 Å². The van der Waals surface area contributed by atoms with Crippen LogP contribution in [0.5, 0.6) is 11.8 Å². The van der Waals surface area contributed by atoms with E-state index in [4.69, 9.17) is 19.3 Å². The molecule has 2 aromatic heterocycles. The van der Waals surface area contributed by atoms with Crippen molar-refractivity contribution in [2.24, 2.45) is 0 Å². The number of nitrogens with zero attached hydrogens (tertiary/aromatic N) is 3. The third kappa shape index (κ3) is 6.95. The Hall–Kier alpha value is -3.59. The lowest BCUT2D eigenvalue weighted by Gasteiger charge is -2.21. The maximum atomic E-state index is 14.2. The Balaban J connectivity index is 2.30. The molecule has 0 aromatic carbocycles. The van der Waals surface area contributed by atoms with Crippen molar-refractivity contribution in [3.63, 3.8) is 0 Å². The average molecular weight is 487 g/mol. The van der Waals surface area contributed by atoms with Gasteiger partial charge < -0.3 is 19.3 Å². The van der Waals surface area contributed by atoms with Gasteiger partial charge in [-0.25, -0.2) is 22.3 Å². The number of carbonyl (C=O) groups is 2. The van der Waals surface area contributed by atoms with Crippen LogP contribution in [0.25, 0.3) is 0 Å². The standard InChI is InChI=1S/C18H22FN5O8S/c1-10(19)16(32-14(26)6-8-25)15-11(5-4-7-20-15)33(28,29)24-18(27)23-17-21-12(30-2)9-13(22-17)31-3/h4-5,7,9-10,16,25H,6,8H2,1-3H3,(H2,21,22,23,24,27). The fourth-order valence-corrected chi connectivity index (χ4v) is 3.58. The third-order valence-electron chi connectivity index (χ3n) is 3.90. The zero-order valence-electron chi connectivity index (χ0n) is 17.8. The van der Waals surface area contributed by atoms with Crippen LogP contribution >= 0.6 is 0 Å². The Morgan fingerprint density at radius 2 is 1.85 bits per heavy atom. The molecule has 2 heterocycles. The molecule has 2 atom stereocenters. The van der Waals surface area contributed by atoms with Crippen LogP contribution in [0.1, 0.15) is 25.1 Å². The number of sulfonamides is 1. The number of aliphatic hydroxyl groups is 1. The minimum Gasteiger partial charge on any atom is -0.481 e. The Labute approximate surface area is 188 Å². The molecule has 0 aliphatic heterocycles. The second-order valence-corrected chi connectivity index (χ2v) is 7.94. The zero-order valence-corrected chi connectivity index (χ0v) is 18.6. The number of hydrogen-bond donors (Lipinski definition) is 3. The number of anilines is 1. The lowest BCUT2D eigenvalue weighted by atomic mass is 10.1. The lowest BCUT2D eigenvalue weighted by molar-refractivity contribution is -0.153. The molecule has 13 nitrogen and oxygen atoms in total. The minimum absolute atomic E-state index is 0.0408. The SMILES string of the molecule is COc1cc(OC)nc(NC(=O)NS(=O)(=O)c2cccnc2C(OC(=O)CCO)C(C)F)n1. The first-order valence-corrected chi connectivity index (χ1v) is 10.8. The summed E-state index contributed by atoms with van der Waals surface area (Å²) in [6.45, 7) is 0.494. The second kappa shape index (κ2) is 11.3. The van der Waals surface area contributed by atoms with E-state index in [-0.39, 0.29) is 17.7 Å². The summed E-state index contributed by atoms with van der Waals surface area (Å²) in [5.41, 5.74) is -0.446. The number of pyridine rings is 1. The summed E-state index contributed by atoms with van der Waals surface area (Å²) < 4.78 is 56.4. The number of amides is 2. The largest absolute Gasteiger partial charge is 0.481 e. The lowest BCUT2D eigenvalue weighted by Crippen LogP contribution is -2.36. The van der Waals surface area contributed by atoms with Crippen molar-refractivity contribution >= 4 is 28.0 Å². The van der Waals surface area contributed by atoms with Gasteiger partial charge in [0.1, 0.15) is 16.8 Å². The molecule has 33 heavy (non-hydrogen) atoms. The fourth-order valence-electron chi connectivity index (χ4n) is 2.48. The molecule has 0 radical (unpaired) electrons. The predicted octanol–water partition coefficient (Wildman–Crippen LogP) is 0.724. The van der Waals surface area contributed by atoms with Gasteiger partial charge in [0.05, 0.1) is 33.3 Å². The van der Waals surface area contributed by atoms with Crippen LogP contribution in [-0.4, -0.2) is 67.5 Å². The first kappa shape index (κ1) is 25.7. The molecule has 0 fully saturated rings. The number of carbonyl (C=O) groups excluding carboxylic acids is 2. The van der Waals surface area contributed by atoms with Crippen LogP contribution in [0.2, 0.25) is 0 Å². The molecule has 0 saturated carbocycles. The normalized spacial score (nSPS) is 12.9. The van der Waals surface area contributed by atoms with Crippen molar-refractivity contribution < 1.29 is 41.7 Å². The summed E-state index contributed by atoms with van der Waals surface area (Å²) in [6, 6.07) is 2.37. The van der Waals surface area contributed by atoms with E-state index < -0.39 is 57.9 Å². The molecule has 2 aromatic rings. The van der Waals surface area contributed by atoms with Crippen LogP contribution in [0.4, 0.5) is 15.1 Å². The predicted molar refractivity (Wildman–Crippen MR) is 110 cm³/mol. The van der Waals surface area contributed by atoms with Crippen LogP contribution in [0.3, 0.4) is 0 Å². The number of urea groups is 1. The Morgan fingerprint density at radius 3 is 2.39 bits per heavy atom. The van der Waals surface area contributed by atoms with Crippen molar-refractivity contribution in [2.75, 3.05) is 26.1 Å². The molecule has 3 N–H and O–H groups in total. The van der Waals surface area contributed by atoms with Crippen LogP contribution in [0.15, 0.2) is 29.3 Å². The summed E-state index contributed by atoms with van der Waals surface area (Å²) in [5.74, 6) is -1.20. The van der Waals surface area contributed by atoms with Crippen LogP contribution < -0.4 is 19.5 Å². The molecular formula is C18H22FN5O8S. The number of rotatable bonds is 10. The second-order valence-electron chi connectivity index (χ2n) is 6.28. The summed E-state index contributed by atoms with van der Waals surface area (Å²) in [5, 5.41) is 11.0. The number of aromatic nitrogens is 3. The van der Waals surface area contributed by atoms with Gasteiger partial charge in [-0.05, 0) is 19.1 Å². The number of hydrogen-bond acceptors (Lipinski definition) is 11. The summed E-state index contributed by atoms with van der Waals surface area (Å²) >= 11 is 0. The van der Waals surface area contributed by atoms with E-state index in [1.807, 2.05) is 0 Å². The van der Waals surface area contributed by atoms with E-state index in [1.165, 1.54) is 32.5 Å². The molecule has 2 unspecified atom stereocenters. The molecule has 15 heteroatoms. The van der Waals surface area contributed by atoms with E-state index in [9.17, 15) is 22.4 Å². The maximum Gasteiger partial charge on any atom is 0.335 e.